The Kier molecular flexibility index (Phi) is 12.0. The van der Waals surface area contributed by atoms with Crippen molar-refractivity contribution in [1.82, 2.24) is 0 Å². The molecule has 0 aromatic heterocycles. The summed E-state index contributed by atoms with van der Waals surface area (Å²) in [5, 5.41) is 0. The number of hydrogen-bond donors (Lipinski definition) is 0. The van der Waals surface area contributed by atoms with Gasteiger partial charge >= 0.3 is 0 Å². The number of rotatable bonds is 12. The number of hydrogen-bond acceptors (Lipinski definition) is 3. The maximum absolute atomic E-state index is 5.94. The van der Waals surface area contributed by atoms with Gasteiger partial charge in [0, 0.05) is 13.2 Å². The first-order chi connectivity index (χ1) is 8.71. The molecule has 0 aliphatic carbocycles. The molecule has 0 atom stereocenters. The molecule has 0 amide bonds. The molecule has 0 bridgehead atoms. The third-order valence-electron chi connectivity index (χ3n) is 2.11. The summed E-state index contributed by atoms with van der Waals surface area (Å²) in [4.78, 5) is 0. The van der Waals surface area contributed by atoms with Gasteiger partial charge in [-0.1, -0.05) is 0 Å². The van der Waals surface area contributed by atoms with Crippen LogP contribution in [0, 0.1) is 0 Å². The molecule has 3 nitrogen and oxygen atoms in total. The van der Waals surface area contributed by atoms with Crippen LogP contribution in [-0.2, 0) is 14.2 Å². The minimum atomic E-state index is -2.02. The first-order valence-corrected chi connectivity index (χ1v) is 15.7. The van der Waals surface area contributed by atoms with Gasteiger partial charge in [0.2, 0.25) is 0 Å². The maximum atomic E-state index is 5.94. The molecule has 0 rings (SSSR count). The van der Waals surface area contributed by atoms with Crippen LogP contribution in [0.25, 0.3) is 0 Å². The van der Waals surface area contributed by atoms with Gasteiger partial charge in [0.05, 0.1) is 26.4 Å². The van der Waals surface area contributed by atoms with Gasteiger partial charge in [-0.15, -0.1) is 44.3 Å². The lowest BCUT2D eigenvalue weighted by Gasteiger charge is -2.11. The van der Waals surface area contributed by atoms with Gasteiger partial charge in [-0.3, -0.25) is 0 Å². The van der Waals surface area contributed by atoms with Crippen molar-refractivity contribution in [2.75, 3.05) is 39.6 Å². The molecular formula is C10H22Cl4O3Si2. The van der Waals surface area contributed by atoms with Crippen LogP contribution in [0.3, 0.4) is 0 Å². The Bertz CT molecular complexity index is 200. The van der Waals surface area contributed by atoms with Gasteiger partial charge < -0.3 is 14.2 Å². The molecule has 0 fully saturated rings. The highest BCUT2D eigenvalue weighted by atomic mass is 35.7. The minimum absolute atomic E-state index is 0.545. The maximum Gasteiger partial charge on any atom is 0.250 e. The van der Waals surface area contributed by atoms with Crippen LogP contribution >= 0.6 is 44.3 Å². The van der Waals surface area contributed by atoms with Crippen molar-refractivity contribution < 1.29 is 14.2 Å². The lowest BCUT2D eigenvalue weighted by Crippen LogP contribution is -2.18. The van der Waals surface area contributed by atoms with E-state index in [9.17, 15) is 0 Å². The van der Waals surface area contributed by atoms with E-state index in [2.05, 4.69) is 0 Å². The zero-order valence-corrected chi connectivity index (χ0v) is 16.4. The van der Waals surface area contributed by atoms with E-state index in [0.29, 0.717) is 39.6 Å². The highest BCUT2D eigenvalue weighted by Gasteiger charge is 2.20. The summed E-state index contributed by atoms with van der Waals surface area (Å²) in [7, 11) is 0. The van der Waals surface area contributed by atoms with Gasteiger partial charge in [-0.2, -0.15) is 0 Å². The number of ether oxygens (including phenoxy) is 3. The van der Waals surface area contributed by atoms with Crippen molar-refractivity contribution in [1.29, 1.82) is 0 Å². The average Bonchev–Trinajstić information content (AvgIpc) is 2.22. The molecule has 0 aromatic carbocycles. The largest absolute Gasteiger partial charge is 0.379 e. The highest BCUT2D eigenvalue weighted by molar-refractivity contribution is 7.45. The summed E-state index contributed by atoms with van der Waals surface area (Å²) in [6, 6.07) is 1.47. The van der Waals surface area contributed by atoms with Gasteiger partial charge in [-0.05, 0) is 25.2 Å². The topological polar surface area (TPSA) is 27.7 Å². The van der Waals surface area contributed by atoms with E-state index in [0.717, 1.165) is 12.1 Å². The Morgan fingerprint density at radius 3 is 1.11 bits per heavy atom. The van der Waals surface area contributed by atoms with Gasteiger partial charge in [0.1, 0.15) is 0 Å². The molecule has 0 N–H and O–H groups in total. The minimum Gasteiger partial charge on any atom is -0.379 e. The summed E-state index contributed by atoms with van der Waals surface area (Å²) in [6.07, 6.45) is 0. The standard InChI is InChI=1S/C10H22Cl4O3Si2/c1-18(11,12)9-7-16-5-3-15-4-6-17-8-10-19(2,13)14/h3-10H2,1-2H3. The first-order valence-electron chi connectivity index (χ1n) is 6.20. The summed E-state index contributed by atoms with van der Waals surface area (Å²) < 4.78 is 16.0. The molecule has 0 unspecified atom stereocenters. The molecule has 0 spiro atoms. The molecular weight excluding hydrogens is 366 g/mol. The second-order valence-corrected chi connectivity index (χ2v) is 20.9. The van der Waals surface area contributed by atoms with Crippen molar-refractivity contribution in [2.24, 2.45) is 0 Å². The zero-order chi connectivity index (χ0) is 14.8. The predicted octanol–water partition coefficient (Wildman–Crippen LogP) is 4.14. The second-order valence-electron chi connectivity index (χ2n) is 4.48. The molecule has 19 heavy (non-hydrogen) atoms. The molecule has 0 saturated carbocycles. The van der Waals surface area contributed by atoms with E-state index in [-0.39, 0.29) is 0 Å². The summed E-state index contributed by atoms with van der Waals surface area (Å²) in [5.41, 5.74) is 0. The van der Waals surface area contributed by atoms with Crippen LogP contribution in [0.4, 0.5) is 0 Å². The number of halogens is 4. The van der Waals surface area contributed by atoms with Gasteiger partial charge in [-0.25, -0.2) is 0 Å². The van der Waals surface area contributed by atoms with Crippen molar-refractivity contribution >= 4 is 57.7 Å². The average molecular weight is 388 g/mol. The van der Waals surface area contributed by atoms with Crippen LogP contribution in [0.2, 0.25) is 25.2 Å². The Morgan fingerprint density at radius 2 is 0.842 bits per heavy atom. The fourth-order valence-corrected chi connectivity index (χ4v) is 2.98. The van der Waals surface area contributed by atoms with E-state index in [1.54, 1.807) is 0 Å². The molecule has 0 aliphatic heterocycles. The van der Waals surface area contributed by atoms with Crippen LogP contribution in [0.5, 0.6) is 0 Å². The lowest BCUT2D eigenvalue weighted by molar-refractivity contribution is 0.0194. The normalized spacial score (nSPS) is 12.9. The van der Waals surface area contributed by atoms with E-state index in [1.165, 1.54) is 0 Å². The van der Waals surface area contributed by atoms with Crippen molar-refractivity contribution in [3.63, 3.8) is 0 Å². The second kappa shape index (κ2) is 11.1. The van der Waals surface area contributed by atoms with Crippen molar-refractivity contribution in [3.8, 4) is 0 Å². The van der Waals surface area contributed by atoms with E-state index < -0.39 is 13.4 Å². The third-order valence-corrected chi connectivity index (χ3v) is 6.55. The highest BCUT2D eigenvalue weighted by Crippen LogP contribution is 2.19. The Labute approximate surface area is 136 Å². The monoisotopic (exact) mass is 386 g/mol. The molecule has 0 heterocycles. The van der Waals surface area contributed by atoms with Gasteiger partial charge in [0.15, 0.2) is 0 Å². The van der Waals surface area contributed by atoms with Crippen LogP contribution < -0.4 is 0 Å². The molecule has 0 aliphatic rings. The van der Waals surface area contributed by atoms with Crippen LogP contribution in [0.1, 0.15) is 0 Å². The van der Waals surface area contributed by atoms with Crippen LogP contribution in [0.15, 0.2) is 0 Å². The molecule has 0 aromatic rings. The molecule has 116 valence electrons. The summed E-state index contributed by atoms with van der Waals surface area (Å²) >= 11 is 23.7. The van der Waals surface area contributed by atoms with Crippen molar-refractivity contribution in [2.45, 2.75) is 25.2 Å². The summed E-state index contributed by atoms with van der Waals surface area (Å²) in [5.74, 6) is 0. The van der Waals surface area contributed by atoms with Gasteiger partial charge in [0.25, 0.3) is 13.4 Å². The van der Waals surface area contributed by atoms with E-state index in [4.69, 9.17) is 58.5 Å². The molecule has 9 heteroatoms. The lowest BCUT2D eigenvalue weighted by atomic mass is 10.7. The fourth-order valence-electron chi connectivity index (χ4n) is 1.04. The predicted molar refractivity (Wildman–Crippen MR) is 88.7 cm³/mol. The first kappa shape index (κ1) is 20.5. The Morgan fingerprint density at radius 1 is 0.579 bits per heavy atom. The van der Waals surface area contributed by atoms with Crippen LogP contribution in [-0.4, -0.2) is 53.0 Å². The van der Waals surface area contributed by atoms with E-state index in [1.807, 2.05) is 13.1 Å². The zero-order valence-electron chi connectivity index (χ0n) is 11.4. The molecule has 0 saturated heterocycles. The van der Waals surface area contributed by atoms with E-state index >= 15 is 0 Å². The Hall–Kier alpha value is 1.47. The molecule has 0 radical (unpaired) electrons. The Balaban J connectivity index is 3.12. The summed E-state index contributed by atoms with van der Waals surface area (Å²) in [6.45, 7) is 3.07. The smallest absolute Gasteiger partial charge is 0.250 e. The fraction of sp³-hybridized carbons (Fsp3) is 1.00. The third kappa shape index (κ3) is 19.5. The quantitative estimate of drug-likeness (QED) is 0.286. The SMILES string of the molecule is C[Si](Cl)(Cl)CCOCCOCCOCC[Si](C)(Cl)Cl. The van der Waals surface area contributed by atoms with Crippen molar-refractivity contribution in [3.05, 3.63) is 0 Å².